The van der Waals surface area contributed by atoms with E-state index < -0.39 is 5.41 Å². The third kappa shape index (κ3) is 4.31. The van der Waals surface area contributed by atoms with Crippen LogP contribution in [0.2, 0.25) is 0 Å². The maximum absolute atomic E-state index is 5.14. The molecule has 0 unspecified atom stereocenters. The van der Waals surface area contributed by atoms with Crippen molar-refractivity contribution in [3.63, 3.8) is 0 Å². The van der Waals surface area contributed by atoms with Crippen LogP contribution in [0.4, 0.5) is 0 Å². The molecule has 9 aromatic rings. The highest BCUT2D eigenvalue weighted by molar-refractivity contribution is 7.99. The Kier molecular flexibility index (Phi) is 6.40. The van der Waals surface area contributed by atoms with Crippen LogP contribution >= 0.6 is 11.8 Å². The van der Waals surface area contributed by atoms with Gasteiger partial charge in [0.2, 0.25) is 0 Å². The molecule has 0 saturated heterocycles. The first-order chi connectivity index (χ1) is 25.7. The molecular formula is C48H29N3S. The highest BCUT2D eigenvalue weighted by Crippen LogP contribution is 2.62. The number of fused-ring (bicyclic) bond motifs is 11. The van der Waals surface area contributed by atoms with Gasteiger partial charge in [-0.3, -0.25) is 0 Å². The van der Waals surface area contributed by atoms with Crippen LogP contribution in [0.15, 0.2) is 186 Å². The van der Waals surface area contributed by atoms with Gasteiger partial charge in [0.1, 0.15) is 0 Å². The largest absolute Gasteiger partial charge is 0.208 e. The van der Waals surface area contributed by atoms with Crippen LogP contribution in [0.25, 0.3) is 66.8 Å². The zero-order valence-electron chi connectivity index (χ0n) is 28.0. The predicted molar refractivity (Wildman–Crippen MR) is 213 cm³/mol. The highest BCUT2D eigenvalue weighted by atomic mass is 32.2. The molecule has 1 aliphatic carbocycles. The van der Waals surface area contributed by atoms with Gasteiger partial charge in [0, 0.05) is 26.5 Å². The van der Waals surface area contributed by atoms with E-state index in [2.05, 4.69) is 158 Å². The summed E-state index contributed by atoms with van der Waals surface area (Å²) in [5, 5.41) is 4.69. The van der Waals surface area contributed by atoms with Crippen LogP contribution in [-0.4, -0.2) is 15.0 Å². The fraction of sp³-hybridized carbons (Fsp3) is 0.0208. The minimum Gasteiger partial charge on any atom is -0.208 e. The molecule has 0 saturated carbocycles. The van der Waals surface area contributed by atoms with Crippen molar-refractivity contribution in [2.45, 2.75) is 15.2 Å². The van der Waals surface area contributed by atoms with E-state index in [-0.39, 0.29) is 0 Å². The van der Waals surface area contributed by atoms with Crippen LogP contribution in [0.5, 0.6) is 0 Å². The van der Waals surface area contributed by atoms with E-state index in [1.165, 1.54) is 53.9 Å². The molecule has 3 nitrogen and oxygen atoms in total. The molecule has 8 aromatic carbocycles. The van der Waals surface area contributed by atoms with E-state index in [1.807, 2.05) is 30.0 Å². The van der Waals surface area contributed by atoms with Crippen molar-refractivity contribution in [1.82, 2.24) is 15.0 Å². The second-order valence-electron chi connectivity index (χ2n) is 13.6. The second-order valence-corrected chi connectivity index (χ2v) is 14.7. The molecule has 2 aliphatic rings. The number of nitrogens with zero attached hydrogens (tertiary/aromatic N) is 3. The molecular weight excluding hydrogens is 651 g/mol. The molecule has 2 heterocycles. The zero-order valence-corrected chi connectivity index (χ0v) is 28.8. The van der Waals surface area contributed by atoms with Crippen molar-refractivity contribution < 1.29 is 0 Å². The molecule has 1 spiro atoms. The molecule has 0 N–H and O–H groups in total. The van der Waals surface area contributed by atoms with Gasteiger partial charge >= 0.3 is 0 Å². The molecule has 0 fully saturated rings. The van der Waals surface area contributed by atoms with E-state index in [9.17, 15) is 0 Å². The normalized spacial score (nSPS) is 13.5. The van der Waals surface area contributed by atoms with Gasteiger partial charge in [0.15, 0.2) is 17.5 Å². The molecule has 1 aromatic heterocycles. The first kappa shape index (κ1) is 29.4. The lowest BCUT2D eigenvalue weighted by Gasteiger charge is -2.39. The molecule has 4 heteroatoms. The van der Waals surface area contributed by atoms with Crippen LogP contribution in [0.3, 0.4) is 0 Å². The maximum atomic E-state index is 5.14. The molecule has 242 valence electrons. The summed E-state index contributed by atoms with van der Waals surface area (Å²) in [4.78, 5) is 17.8. The van der Waals surface area contributed by atoms with Gasteiger partial charge in [-0.05, 0) is 91.3 Å². The smallest absolute Gasteiger partial charge is 0.164 e. The monoisotopic (exact) mass is 679 g/mol. The topological polar surface area (TPSA) is 38.7 Å². The Morgan fingerprint density at radius 3 is 1.56 bits per heavy atom. The fourth-order valence-electron chi connectivity index (χ4n) is 8.41. The average Bonchev–Trinajstić information content (AvgIpc) is 3.49. The Labute approximate surface area is 305 Å². The minimum atomic E-state index is -0.425. The molecule has 0 atom stereocenters. The number of rotatable bonds is 3. The summed E-state index contributed by atoms with van der Waals surface area (Å²) in [7, 11) is 0. The maximum Gasteiger partial charge on any atom is 0.164 e. The Morgan fingerprint density at radius 1 is 0.327 bits per heavy atom. The van der Waals surface area contributed by atoms with Crippen LogP contribution in [0, 0.1) is 0 Å². The summed E-state index contributed by atoms with van der Waals surface area (Å²) in [6.45, 7) is 0. The zero-order chi connectivity index (χ0) is 34.2. The lowest BCUT2D eigenvalue weighted by molar-refractivity contribution is 0.723. The number of hydrogen-bond donors (Lipinski definition) is 0. The van der Waals surface area contributed by atoms with E-state index in [4.69, 9.17) is 15.0 Å². The summed E-state index contributed by atoms with van der Waals surface area (Å²) in [5.41, 5.74) is 10.4. The molecule has 1 aliphatic heterocycles. The van der Waals surface area contributed by atoms with Crippen molar-refractivity contribution in [2.75, 3.05) is 0 Å². The van der Waals surface area contributed by atoms with Crippen molar-refractivity contribution >= 4 is 33.3 Å². The Morgan fingerprint density at radius 2 is 0.846 bits per heavy atom. The van der Waals surface area contributed by atoms with Gasteiger partial charge in [0.05, 0.1) is 5.41 Å². The van der Waals surface area contributed by atoms with Crippen LogP contribution in [0.1, 0.15) is 22.3 Å². The number of benzene rings is 8. The van der Waals surface area contributed by atoms with Gasteiger partial charge in [-0.2, -0.15) is 0 Å². The third-order valence-electron chi connectivity index (χ3n) is 10.7. The second kappa shape index (κ2) is 11.3. The van der Waals surface area contributed by atoms with Gasteiger partial charge in [-0.25, -0.2) is 15.0 Å². The quantitative estimate of drug-likeness (QED) is 0.186. The summed E-state index contributed by atoms with van der Waals surface area (Å²) in [5.74, 6) is 1.97. The molecule has 52 heavy (non-hydrogen) atoms. The van der Waals surface area contributed by atoms with Crippen molar-refractivity contribution in [3.8, 4) is 45.3 Å². The summed E-state index contributed by atoms with van der Waals surface area (Å²) in [6, 6.07) is 63.3. The standard InChI is InChI=1S/C48H29N3S/c1-2-13-31(14-3-1)45-49-46(34-24-22-30-12-4-5-15-32(30)26-34)51-47(50-45)35-25-23-33-28-38-37-16-6-7-17-39(37)48(42(38)29-36(33)27-35)40-18-8-10-20-43(40)52-44-21-11-9-19-41(44)48/h1-29H. The number of aromatic nitrogens is 3. The predicted octanol–water partition coefficient (Wildman–Crippen LogP) is 12.0. The van der Waals surface area contributed by atoms with Crippen LogP contribution in [-0.2, 0) is 5.41 Å². The Balaban J connectivity index is 1.14. The first-order valence-corrected chi connectivity index (χ1v) is 18.4. The molecule has 0 bridgehead atoms. The van der Waals surface area contributed by atoms with Crippen molar-refractivity contribution in [2.24, 2.45) is 0 Å². The van der Waals surface area contributed by atoms with E-state index in [1.54, 1.807) is 0 Å². The average molecular weight is 680 g/mol. The van der Waals surface area contributed by atoms with Gasteiger partial charge in [-0.15, -0.1) is 0 Å². The van der Waals surface area contributed by atoms with Crippen molar-refractivity contribution in [3.05, 3.63) is 198 Å². The molecule has 0 amide bonds. The number of hydrogen-bond acceptors (Lipinski definition) is 4. The summed E-state index contributed by atoms with van der Waals surface area (Å²) >= 11 is 1.87. The van der Waals surface area contributed by atoms with E-state index >= 15 is 0 Å². The molecule has 11 rings (SSSR count). The highest BCUT2D eigenvalue weighted by Gasteiger charge is 2.50. The molecule has 0 radical (unpaired) electrons. The van der Waals surface area contributed by atoms with Crippen molar-refractivity contribution in [1.29, 1.82) is 0 Å². The fourth-order valence-corrected chi connectivity index (χ4v) is 9.61. The van der Waals surface area contributed by atoms with Gasteiger partial charge < -0.3 is 0 Å². The van der Waals surface area contributed by atoms with E-state index in [0.717, 1.165) is 27.5 Å². The van der Waals surface area contributed by atoms with E-state index in [0.29, 0.717) is 17.5 Å². The van der Waals surface area contributed by atoms with Crippen LogP contribution < -0.4 is 0 Å². The minimum absolute atomic E-state index is 0.425. The summed E-state index contributed by atoms with van der Waals surface area (Å²) < 4.78 is 0. The lowest BCUT2D eigenvalue weighted by atomic mass is 9.67. The Hall–Kier alpha value is -6.36. The third-order valence-corrected chi connectivity index (χ3v) is 11.9. The SMILES string of the molecule is c1ccc(-c2nc(-c3ccc4ccccc4c3)nc(-c3ccc4cc5c(cc4c3)C3(c4ccccc4Sc4ccccc43)c3ccccc3-5)n2)cc1. The van der Waals surface area contributed by atoms with Gasteiger partial charge in [-0.1, -0.05) is 151 Å². The lowest BCUT2D eigenvalue weighted by Crippen LogP contribution is -2.31. The Bertz CT molecular complexity index is 2850. The first-order valence-electron chi connectivity index (χ1n) is 17.6. The summed E-state index contributed by atoms with van der Waals surface area (Å²) in [6.07, 6.45) is 0. The van der Waals surface area contributed by atoms with Gasteiger partial charge in [0.25, 0.3) is 0 Å².